The van der Waals surface area contributed by atoms with Gasteiger partial charge in [0, 0.05) is 29.8 Å². The third kappa shape index (κ3) is 4.35. The van der Waals surface area contributed by atoms with E-state index in [9.17, 15) is 0 Å². The van der Waals surface area contributed by atoms with Gasteiger partial charge >= 0.3 is 0 Å². The van der Waals surface area contributed by atoms with Gasteiger partial charge in [0.2, 0.25) is 0 Å². The Kier molecular flexibility index (Phi) is 6.77. The van der Waals surface area contributed by atoms with Crippen LogP contribution in [0.1, 0.15) is 30.4 Å². The van der Waals surface area contributed by atoms with E-state index in [0.717, 1.165) is 28.5 Å². The molecule has 3 heterocycles. The van der Waals surface area contributed by atoms with E-state index in [0.29, 0.717) is 23.2 Å². The molecule has 0 spiro atoms. The maximum Gasteiger partial charge on any atom is 0.174 e. The molecule has 1 N–H and O–H groups in total. The molecule has 8 heteroatoms. The minimum atomic E-state index is -0.198. The molecular formula is C28H28N4O3S. The Morgan fingerprint density at radius 1 is 0.944 bits per heavy atom. The highest BCUT2D eigenvalue weighted by molar-refractivity contribution is 7.80. The predicted octanol–water partition coefficient (Wildman–Crippen LogP) is 5.47. The van der Waals surface area contributed by atoms with Crippen molar-refractivity contribution >= 4 is 23.0 Å². The molecule has 2 aromatic heterocycles. The summed E-state index contributed by atoms with van der Waals surface area (Å²) in [4.78, 5) is 6.77. The normalized spacial score (nSPS) is 17.1. The summed E-state index contributed by atoms with van der Waals surface area (Å²) < 4.78 is 19.0. The van der Waals surface area contributed by atoms with Gasteiger partial charge in [0.15, 0.2) is 5.11 Å². The highest BCUT2D eigenvalue weighted by Crippen LogP contribution is 2.45. The molecule has 5 rings (SSSR count). The second kappa shape index (κ2) is 10.3. The first-order valence-electron chi connectivity index (χ1n) is 11.8. The van der Waals surface area contributed by atoms with Crippen LogP contribution < -0.4 is 24.4 Å². The molecule has 0 amide bonds. The van der Waals surface area contributed by atoms with Crippen LogP contribution in [0.3, 0.4) is 0 Å². The average molecular weight is 501 g/mol. The first-order valence-corrected chi connectivity index (χ1v) is 12.2. The van der Waals surface area contributed by atoms with Crippen LogP contribution in [0.25, 0.3) is 5.69 Å². The first-order chi connectivity index (χ1) is 17.6. The smallest absolute Gasteiger partial charge is 0.174 e. The molecule has 2 aromatic carbocycles. The van der Waals surface area contributed by atoms with Gasteiger partial charge in [0.05, 0.1) is 38.2 Å². The standard InChI is InChI=1S/C28H28N4O3S/c1-4-35-20-12-10-19(11-13-20)31-17-7-9-24(31)27-26(22-8-5-6-16-29-22)30-28(36)32(27)23-15-14-21(33-2)18-25(23)34-3/h5-18,26-27H,4H2,1-3H3,(H,30,36)/t26-,27-/m0/s1. The average Bonchev–Trinajstić information content (AvgIpc) is 3.53. The lowest BCUT2D eigenvalue weighted by atomic mass is 10.0. The molecule has 0 bridgehead atoms. The second-order valence-electron chi connectivity index (χ2n) is 8.26. The molecule has 2 atom stereocenters. The van der Waals surface area contributed by atoms with Gasteiger partial charge in [-0.2, -0.15) is 0 Å². The molecule has 1 aliphatic rings. The fourth-order valence-electron chi connectivity index (χ4n) is 4.64. The van der Waals surface area contributed by atoms with E-state index in [1.165, 1.54) is 0 Å². The zero-order chi connectivity index (χ0) is 25.1. The van der Waals surface area contributed by atoms with Gasteiger partial charge in [0.25, 0.3) is 0 Å². The number of nitrogens with one attached hydrogen (secondary N) is 1. The van der Waals surface area contributed by atoms with Crippen LogP contribution in [0, 0.1) is 0 Å². The number of rotatable bonds is 8. The molecule has 184 valence electrons. The topological polar surface area (TPSA) is 60.8 Å². The van der Waals surface area contributed by atoms with Crippen LogP contribution in [-0.4, -0.2) is 35.5 Å². The van der Waals surface area contributed by atoms with E-state index in [-0.39, 0.29) is 12.1 Å². The minimum Gasteiger partial charge on any atom is -0.497 e. The number of pyridine rings is 1. The molecule has 0 aliphatic carbocycles. The lowest BCUT2D eigenvalue weighted by molar-refractivity contribution is 0.340. The fraction of sp³-hybridized carbons (Fsp3) is 0.214. The number of aromatic nitrogens is 2. The number of anilines is 1. The van der Waals surface area contributed by atoms with Gasteiger partial charge in [-0.15, -0.1) is 0 Å². The molecule has 1 aliphatic heterocycles. The van der Waals surface area contributed by atoms with Crippen LogP contribution in [0.15, 0.2) is 85.2 Å². The highest BCUT2D eigenvalue weighted by atomic mass is 32.1. The summed E-state index contributed by atoms with van der Waals surface area (Å²) in [5, 5.41) is 4.11. The van der Waals surface area contributed by atoms with E-state index in [1.807, 2.05) is 61.5 Å². The Labute approximate surface area is 216 Å². The largest absolute Gasteiger partial charge is 0.497 e. The summed E-state index contributed by atoms with van der Waals surface area (Å²) in [5.41, 5.74) is 3.83. The van der Waals surface area contributed by atoms with Crippen molar-refractivity contribution < 1.29 is 14.2 Å². The molecule has 7 nitrogen and oxygen atoms in total. The maximum atomic E-state index is 5.90. The van der Waals surface area contributed by atoms with E-state index in [2.05, 4.69) is 44.2 Å². The number of ether oxygens (including phenoxy) is 3. The third-order valence-corrected chi connectivity index (χ3v) is 6.57. The van der Waals surface area contributed by atoms with Crippen molar-refractivity contribution in [1.82, 2.24) is 14.9 Å². The van der Waals surface area contributed by atoms with E-state index >= 15 is 0 Å². The van der Waals surface area contributed by atoms with Gasteiger partial charge in [0.1, 0.15) is 23.3 Å². The molecule has 0 radical (unpaired) electrons. The third-order valence-electron chi connectivity index (χ3n) is 6.25. The van der Waals surface area contributed by atoms with Gasteiger partial charge in [-0.05, 0) is 79.8 Å². The number of thiocarbonyl (C=S) groups is 1. The summed E-state index contributed by atoms with van der Waals surface area (Å²) in [6.07, 6.45) is 3.87. The van der Waals surface area contributed by atoms with Crippen LogP contribution in [-0.2, 0) is 0 Å². The van der Waals surface area contributed by atoms with Crippen LogP contribution in [0.2, 0.25) is 0 Å². The van der Waals surface area contributed by atoms with Crippen molar-refractivity contribution in [2.24, 2.45) is 0 Å². The summed E-state index contributed by atoms with van der Waals surface area (Å²) in [6.45, 7) is 2.61. The fourth-order valence-corrected chi connectivity index (χ4v) is 4.98. The van der Waals surface area contributed by atoms with Crippen molar-refractivity contribution in [3.63, 3.8) is 0 Å². The Morgan fingerprint density at radius 2 is 1.75 bits per heavy atom. The zero-order valence-electron chi connectivity index (χ0n) is 20.4. The van der Waals surface area contributed by atoms with Crippen molar-refractivity contribution in [3.8, 4) is 22.9 Å². The minimum absolute atomic E-state index is 0.179. The van der Waals surface area contributed by atoms with E-state index in [1.54, 1.807) is 20.4 Å². The van der Waals surface area contributed by atoms with Crippen molar-refractivity contribution in [2.45, 2.75) is 19.0 Å². The Bertz CT molecular complexity index is 1340. The Balaban J connectivity index is 1.64. The number of nitrogens with zero attached hydrogens (tertiary/aromatic N) is 3. The van der Waals surface area contributed by atoms with Gasteiger partial charge in [-0.25, -0.2) is 0 Å². The monoisotopic (exact) mass is 500 g/mol. The van der Waals surface area contributed by atoms with Crippen molar-refractivity contribution in [3.05, 3.63) is 96.6 Å². The summed E-state index contributed by atoms with van der Waals surface area (Å²) >= 11 is 5.90. The number of benzene rings is 2. The van der Waals surface area contributed by atoms with Crippen molar-refractivity contribution in [2.75, 3.05) is 25.7 Å². The van der Waals surface area contributed by atoms with Crippen LogP contribution >= 0.6 is 12.2 Å². The maximum absolute atomic E-state index is 5.90. The lowest BCUT2D eigenvalue weighted by Crippen LogP contribution is -2.30. The molecule has 1 saturated heterocycles. The summed E-state index contributed by atoms with van der Waals surface area (Å²) in [5.74, 6) is 2.23. The van der Waals surface area contributed by atoms with E-state index < -0.39 is 0 Å². The number of methoxy groups -OCH3 is 2. The van der Waals surface area contributed by atoms with Gasteiger partial charge < -0.3 is 29.0 Å². The molecule has 1 fully saturated rings. The second-order valence-corrected chi connectivity index (χ2v) is 8.65. The van der Waals surface area contributed by atoms with Gasteiger partial charge in [-0.3, -0.25) is 4.98 Å². The number of hydrogen-bond acceptors (Lipinski definition) is 5. The molecular weight excluding hydrogens is 472 g/mol. The van der Waals surface area contributed by atoms with Crippen molar-refractivity contribution in [1.29, 1.82) is 0 Å². The number of hydrogen-bond donors (Lipinski definition) is 1. The SMILES string of the molecule is CCOc1ccc(-n2cccc2[C@H]2[C@H](c3ccccn3)NC(=S)N2c2ccc(OC)cc2OC)cc1. The zero-order valence-corrected chi connectivity index (χ0v) is 21.2. The molecule has 0 saturated carbocycles. The van der Waals surface area contributed by atoms with Crippen LogP contribution in [0.5, 0.6) is 17.2 Å². The lowest BCUT2D eigenvalue weighted by Gasteiger charge is -2.30. The highest BCUT2D eigenvalue weighted by Gasteiger charge is 2.43. The quantitative estimate of drug-likeness (QED) is 0.322. The van der Waals surface area contributed by atoms with Gasteiger partial charge in [-0.1, -0.05) is 6.07 Å². The predicted molar refractivity (Wildman–Crippen MR) is 144 cm³/mol. The molecule has 0 unspecified atom stereocenters. The first kappa shape index (κ1) is 23.7. The Morgan fingerprint density at radius 3 is 2.44 bits per heavy atom. The summed E-state index contributed by atoms with van der Waals surface area (Å²) in [7, 11) is 3.29. The van der Waals surface area contributed by atoms with E-state index in [4.69, 9.17) is 26.4 Å². The molecule has 4 aromatic rings. The van der Waals surface area contributed by atoms with Crippen LogP contribution in [0.4, 0.5) is 5.69 Å². The Hall–Kier alpha value is -4.04. The summed E-state index contributed by atoms with van der Waals surface area (Å²) in [6, 6.07) is 23.6. The molecule has 36 heavy (non-hydrogen) atoms.